The van der Waals surface area contributed by atoms with Gasteiger partial charge in [0.05, 0.1) is 5.02 Å². The van der Waals surface area contributed by atoms with Crippen LogP contribution in [0.25, 0.3) is 0 Å². The van der Waals surface area contributed by atoms with E-state index in [1.54, 1.807) is 29.2 Å². The molecule has 1 heterocycles. The Morgan fingerprint density at radius 1 is 1.47 bits per heavy atom. The Morgan fingerprint density at radius 2 is 2.18 bits per heavy atom. The van der Waals surface area contributed by atoms with Crippen LogP contribution < -0.4 is 4.74 Å². The number of carbonyl (C=O) groups excluding carboxylic acids is 1. The quantitative estimate of drug-likeness (QED) is 0.879. The summed E-state index contributed by atoms with van der Waals surface area (Å²) in [6.07, 6.45) is 0. The summed E-state index contributed by atoms with van der Waals surface area (Å²) >= 11 is 5.90. The van der Waals surface area contributed by atoms with Gasteiger partial charge in [0, 0.05) is 25.6 Å². The first-order valence-electron chi connectivity index (χ1n) is 5.46. The molecule has 0 aliphatic carbocycles. The summed E-state index contributed by atoms with van der Waals surface area (Å²) in [6.45, 7) is 1.35. The lowest BCUT2D eigenvalue weighted by Gasteiger charge is -2.38. The van der Waals surface area contributed by atoms with E-state index in [-0.39, 0.29) is 25.0 Å². The molecule has 0 aromatic heterocycles. The van der Waals surface area contributed by atoms with Crippen molar-refractivity contribution < 1.29 is 14.6 Å². The van der Waals surface area contributed by atoms with Crippen molar-refractivity contribution in [2.24, 2.45) is 5.92 Å². The predicted octanol–water partition coefficient (Wildman–Crippen LogP) is 1.17. The van der Waals surface area contributed by atoms with Crippen LogP contribution >= 0.6 is 11.6 Å². The van der Waals surface area contributed by atoms with E-state index < -0.39 is 0 Å². The van der Waals surface area contributed by atoms with Crippen LogP contribution in [-0.2, 0) is 4.79 Å². The number of hydrogen-bond acceptors (Lipinski definition) is 3. The molecule has 1 N–H and O–H groups in total. The number of aliphatic hydroxyl groups excluding tert-OH is 1. The van der Waals surface area contributed by atoms with E-state index >= 15 is 0 Å². The average molecular weight is 256 g/mol. The molecule has 0 unspecified atom stereocenters. The van der Waals surface area contributed by atoms with Crippen molar-refractivity contribution in [3.8, 4) is 5.75 Å². The van der Waals surface area contributed by atoms with Crippen LogP contribution in [0.5, 0.6) is 5.75 Å². The van der Waals surface area contributed by atoms with Crippen LogP contribution in [0.15, 0.2) is 24.3 Å². The van der Waals surface area contributed by atoms with Gasteiger partial charge in [-0.1, -0.05) is 23.7 Å². The highest BCUT2D eigenvalue weighted by Gasteiger charge is 2.29. The number of halogens is 1. The highest BCUT2D eigenvalue weighted by molar-refractivity contribution is 6.32. The van der Waals surface area contributed by atoms with Gasteiger partial charge in [-0.2, -0.15) is 0 Å². The van der Waals surface area contributed by atoms with Gasteiger partial charge in [-0.15, -0.1) is 0 Å². The molecular formula is C12H14ClNO3. The van der Waals surface area contributed by atoms with Crippen LogP contribution in [0.3, 0.4) is 0 Å². The molecule has 1 aliphatic rings. The van der Waals surface area contributed by atoms with E-state index in [0.717, 1.165) is 0 Å². The molecule has 4 nitrogen and oxygen atoms in total. The number of amides is 1. The normalized spacial score (nSPS) is 15.5. The van der Waals surface area contributed by atoms with E-state index in [2.05, 4.69) is 0 Å². The summed E-state index contributed by atoms with van der Waals surface area (Å²) in [5, 5.41) is 9.34. The van der Waals surface area contributed by atoms with E-state index in [4.69, 9.17) is 21.4 Å². The van der Waals surface area contributed by atoms with E-state index in [9.17, 15) is 4.79 Å². The molecule has 0 spiro atoms. The first-order chi connectivity index (χ1) is 8.20. The number of carbonyl (C=O) groups is 1. The number of benzene rings is 1. The minimum atomic E-state index is -0.0744. The number of para-hydroxylation sites is 1. The van der Waals surface area contributed by atoms with Gasteiger partial charge in [-0.3, -0.25) is 4.79 Å². The zero-order chi connectivity index (χ0) is 12.3. The molecule has 92 valence electrons. The lowest BCUT2D eigenvalue weighted by molar-refractivity contribution is -0.140. The predicted molar refractivity (Wildman–Crippen MR) is 64.1 cm³/mol. The number of aliphatic hydroxyl groups is 1. The lowest BCUT2D eigenvalue weighted by atomic mass is 10.0. The average Bonchev–Trinajstić information content (AvgIpc) is 2.26. The van der Waals surface area contributed by atoms with Crippen LogP contribution in [0.4, 0.5) is 0 Å². The van der Waals surface area contributed by atoms with Crippen molar-refractivity contribution >= 4 is 17.5 Å². The Kier molecular flexibility index (Phi) is 3.86. The van der Waals surface area contributed by atoms with Crippen molar-refractivity contribution in [1.29, 1.82) is 0 Å². The van der Waals surface area contributed by atoms with E-state index in [1.165, 1.54) is 0 Å². The van der Waals surface area contributed by atoms with Crippen molar-refractivity contribution in [1.82, 2.24) is 4.90 Å². The molecule has 1 amide bonds. The van der Waals surface area contributed by atoms with E-state index in [1.807, 2.05) is 0 Å². The fourth-order valence-corrected chi connectivity index (χ4v) is 1.87. The lowest BCUT2D eigenvalue weighted by Crippen LogP contribution is -2.52. The second-order valence-corrected chi connectivity index (χ2v) is 4.47. The zero-order valence-corrected chi connectivity index (χ0v) is 10.1. The third-order valence-electron chi connectivity index (χ3n) is 2.76. The van der Waals surface area contributed by atoms with Crippen molar-refractivity contribution in [2.75, 3.05) is 26.3 Å². The summed E-state index contributed by atoms with van der Waals surface area (Å²) in [7, 11) is 0. The second kappa shape index (κ2) is 5.38. The van der Waals surface area contributed by atoms with Gasteiger partial charge in [0.25, 0.3) is 5.91 Å². The van der Waals surface area contributed by atoms with E-state index in [0.29, 0.717) is 23.9 Å². The minimum absolute atomic E-state index is 0.0120. The molecule has 2 rings (SSSR count). The van der Waals surface area contributed by atoms with Crippen LogP contribution in [0.2, 0.25) is 5.02 Å². The molecule has 5 heteroatoms. The molecule has 0 radical (unpaired) electrons. The number of nitrogens with zero attached hydrogens (tertiary/aromatic N) is 1. The van der Waals surface area contributed by atoms with Crippen LogP contribution in [0.1, 0.15) is 0 Å². The molecular weight excluding hydrogens is 242 g/mol. The number of rotatable bonds is 4. The first-order valence-corrected chi connectivity index (χ1v) is 5.84. The fourth-order valence-electron chi connectivity index (χ4n) is 1.68. The van der Waals surface area contributed by atoms with Crippen molar-refractivity contribution in [2.45, 2.75) is 0 Å². The monoisotopic (exact) mass is 255 g/mol. The molecule has 1 aliphatic heterocycles. The third kappa shape index (κ3) is 2.90. The van der Waals surface area contributed by atoms with Crippen LogP contribution in [-0.4, -0.2) is 42.2 Å². The zero-order valence-electron chi connectivity index (χ0n) is 9.30. The second-order valence-electron chi connectivity index (χ2n) is 4.07. The Labute approximate surface area is 105 Å². The number of likely N-dealkylation sites (tertiary alicyclic amines) is 1. The molecule has 0 atom stereocenters. The van der Waals surface area contributed by atoms with Gasteiger partial charge >= 0.3 is 0 Å². The molecule has 0 saturated carbocycles. The third-order valence-corrected chi connectivity index (χ3v) is 3.07. The Bertz CT molecular complexity index is 404. The summed E-state index contributed by atoms with van der Waals surface area (Å²) in [6, 6.07) is 7.05. The highest BCUT2D eigenvalue weighted by Crippen LogP contribution is 2.23. The molecule has 1 aromatic rings. The largest absolute Gasteiger partial charge is 0.482 e. The van der Waals surface area contributed by atoms with Gasteiger partial charge in [-0.25, -0.2) is 0 Å². The van der Waals surface area contributed by atoms with Gasteiger partial charge < -0.3 is 14.7 Å². The number of ether oxygens (including phenoxy) is 1. The summed E-state index contributed by atoms with van der Waals surface area (Å²) < 4.78 is 5.34. The molecule has 17 heavy (non-hydrogen) atoms. The maximum absolute atomic E-state index is 11.6. The fraction of sp³-hybridized carbons (Fsp3) is 0.417. The van der Waals surface area contributed by atoms with Crippen LogP contribution in [0, 0.1) is 5.92 Å². The highest BCUT2D eigenvalue weighted by atomic mass is 35.5. The molecule has 1 saturated heterocycles. The minimum Gasteiger partial charge on any atom is -0.482 e. The first kappa shape index (κ1) is 12.2. The topological polar surface area (TPSA) is 49.8 Å². The smallest absolute Gasteiger partial charge is 0.260 e. The maximum atomic E-state index is 11.6. The van der Waals surface area contributed by atoms with Gasteiger partial charge in [0.2, 0.25) is 0 Å². The van der Waals surface area contributed by atoms with Gasteiger partial charge in [-0.05, 0) is 12.1 Å². The summed E-state index contributed by atoms with van der Waals surface area (Å²) in [4.78, 5) is 13.3. The van der Waals surface area contributed by atoms with Crippen molar-refractivity contribution in [3.63, 3.8) is 0 Å². The Morgan fingerprint density at radius 3 is 2.82 bits per heavy atom. The summed E-state index contributed by atoms with van der Waals surface area (Å²) in [5.41, 5.74) is 0. The maximum Gasteiger partial charge on any atom is 0.260 e. The number of hydrogen-bond donors (Lipinski definition) is 1. The summed E-state index contributed by atoms with van der Waals surface area (Å²) in [5.74, 6) is 0.663. The molecule has 1 fully saturated rings. The standard InChI is InChI=1S/C12H14ClNO3/c13-10-3-1-2-4-11(10)17-8-12(16)14-5-9(6-14)7-15/h1-4,9,15H,5-8H2. The Balaban J connectivity index is 1.79. The Hall–Kier alpha value is -1.26. The van der Waals surface area contributed by atoms with Gasteiger partial charge in [0.15, 0.2) is 6.61 Å². The molecule has 1 aromatic carbocycles. The van der Waals surface area contributed by atoms with Crippen molar-refractivity contribution in [3.05, 3.63) is 29.3 Å². The van der Waals surface area contributed by atoms with Gasteiger partial charge in [0.1, 0.15) is 5.75 Å². The SMILES string of the molecule is O=C(COc1ccccc1Cl)N1CC(CO)C1. The molecule has 0 bridgehead atoms.